The van der Waals surface area contributed by atoms with Gasteiger partial charge in [0.15, 0.2) is 0 Å². The van der Waals surface area contributed by atoms with E-state index in [2.05, 4.69) is 4.72 Å². The molecule has 7 heteroatoms. The lowest BCUT2D eigenvalue weighted by Gasteiger charge is -2.27. The van der Waals surface area contributed by atoms with Gasteiger partial charge in [-0.1, -0.05) is 6.92 Å². The summed E-state index contributed by atoms with van der Waals surface area (Å²) in [5.74, 6) is 0.936. The first kappa shape index (κ1) is 17.1. The number of ether oxygens (including phenoxy) is 2. The molecule has 22 heavy (non-hydrogen) atoms. The zero-order valence-corrected chi connectivity index (χ0v) is 14.4. The van der Waals surface area contributed by atoms with E-state index in [1.807, 2.05) is 27.7 Å². The molecule has 0 amide bonds. The van der Waals surface area contributed by atoms with Crippen molar-refractivity contribution < 1.29 is 22.1 Å². The van der Waals surface area contributed by atoms with Gasteiger partial charge in [0.25, 0.3) is 0 Å². The molecule has 0 fully saturated rings. The maximum atomic E-state index is 11.7. The van der Waals surface area contributed by atoms with Gasteiger partial charge in [-0.3, -0.25) is 0 Å². The van der Waals surface area contributed by atoms with Gasteiger partial charge in [0.2, 0.25) is 6.29 Å². The summed E-state index contributed by atoms with van der Waals surface area (Å²) in [6.07, 6.45) is -0.383. The third-order valence-electron chi connectivity index (χ3n) is 3.39. The fourth-order valence-corrected chi connectivity index (χ4v) is 3.10. The topological polar surface area (TPSA) is 73.9 Å². The SMILES string of the molecule is CCNS(=O)(=O)Oc1ccc2c(c1)C(C)(C)C(OC(C)C)O2. The third kappa shape index (κ3) is 3.53. The zero-order valence-electron chi connectivity index (χ0n) is 13.5. The van der Waals surface area contributed by atoms with Gasteiger partial charge in [0.1, 0.15) is 11.5 Å². The van der Waals surface area contributed by atoms with Crippen LogP contribution in [0.5, 0.6) is 11.5 Å². The van der Waals surface area contributed by atoms with Crippen molar-refractivity contribution in [2.75, 3.05) is 6.54 Å². The van der Waals surface area contributed by atoms with E-state index in [1.165, 1.54) is 0 Å². The maximum Gasteiger partial charge on any atom is 0.382 e. The number of hydrogen-bond acceptors (Lipinski definition) is 5. The lowest BCUT2D eigenvalue weighted by molar-refractivity contribution is -0.128. The minimum absolute atomic E-state index is 0.0310. The van der Waals surface area contributed by atoms with Gasteiger partial charge in [-0.05, 0) is 45.9 Å². The minimum atomic E-state index is -3.79. The number of fused-ring (bicyclic) bond motifs is 1. The molecule has 0 saturated carbocycles. The molecule has 1 aromatic carbocycles. The summed E-state index contributed by atoms with van der Waals surface area (Å²) in [7, 11) is -3.79. The highest BCUT2D eigenvalue weighted by molar-refractivity contribution is 7.85. The molecule has 6 nitrogen and oxygen atoms in total. The van der Waals surface area contributed by atoms with Crippen molar-refractivity contribution >= 4 is 10.3 Å². The number of benzene rings is 1. The van der Waals surface area contributed by atoms with Crippen molar-refractivity contribution in [3.8, 4) is 11.5 Å². The van der Waals surface area contributed by atoms with Crippen LogP contribution >= 0.6 is 0 Å². The highest BCUT2D eigenvalue weighted by atomic mass is 32.2. The largest absolute Gasteiger partial charge is 0.464 e. The predicted molar refractivity (Wildman–Crippen MR) is 83.3 cm³/mol. The van der Waals surface area contributed by atoms with Crippen molar-refractivity contribution in [3.63, 3.8) is 0 Å². The van der Waals surface area contributed by atoms with Crippen LogP contribution in [0.2, 0.25) is 0 Å². The summed E-state index contributed by atoms with van der Waals surface area (Å²) in [4.78, 5) is 0. The van der Waals surface area contributed by atoms with Crippen LogP contribution in [0.3, 0.4) is 0 Å². The van der Waals surface area contributed by atoms with E-state index >= 15 is 0 Å². The average Bonchev–Trinajstić information content (AvgIpc) is 2.60. The van der Waals surface area contributed by atoms with Crippen LogP contribution in [0.15, 0.2) is 18.2 Å². The Hall–Kier alpha value is -1.31. The molecule has 1 aliphatic heterocycles. The first-order valence-corrected chi connectivity index (χ1v) is 8.72. The lowest BCUT2D eigenvalue weighted by atomic mass is 9.85. The lowest BCUT2D eigenvalue weighted by Crippen LogP contribution is -2.36. The van der Waals surface area contributed by atoms with Crippen molar-refractivity contribution in [2.24, 2.45) is 0 Å². The Balaban J connectivity index is 2.27. The smallest absolute Gasteiger partial charge is 0.382 e. The fraction of sp³-hybridized carbons (Fsp3) is 0.600. The fourth-order valence-electron chi connectivity index (χ4n) is 2.33. The molecule has 1 unspecified atom stereocenters. The highest BCUT2D eigenvalue weighted by Gasteiger charge is 2.43. The molecule has 1 atom stereocenters. The predicted octanol–water partition coefficient (Wildman–Crippen LogP) is 2.34. The van der Waals surface area contributed by atoms with Crippen LogP contribution in [-0.4, -0.2) is 27.4 Å². The molecule has 1 N–H and O–H groups in total. The third-order valence-corrected chi connectivity index (χ3v) is 4.45. The van der Waals surface area contributed by atoms with Crippen LogP contribution < -0.4 is 13.6 Å². The van der Waals surface area contributed by atoms with Crippen molar-refractivity contribution in [3.05, 3.63) is 23.8 Å². The number of hydrogen-bond donors (Lipinski definition) is 1. The highest BCUT2D eigenvalue weighted by Crippen LogP contribution is 2.45. The summed E-state index contributed by atoms with van der Waals surface area (Å²) >= 11 is 0. The Morgan fingerprint density at radius 2 is 2.05 bits per heavy atom. The standard InChI is InChI=1S/C15H23NO5S/c1-6-16-22(17,18)21-11-7-8-13-12(9-11)15(4,5)14(20-13)19-10(2)3/h7-10,14,16H,6H2,1-5H3. The molecule has 0 bridgehead atoms. The Morgan fingerprint density at radius 1 is 1.36 bits per heavy atom. The average molecular weight is 329 g/mol. The van der Waals surface area contributed by atoms with Crippen molar-refractivity contribution in [2.45, 2.75) is 52.4 Å². The summed E-state index contributed by atoms with van der Waals surface area (Å²) in [6, 6.07) is 4.97. The van der Waals surface area contributed by atoms with E-state index in [0.717, 1.165) is 5.56 Å². The monoisotopic (exact) mass is 329 g/mol. The Bertz CT molecular complexity index is 639. The molecule has 0 spiro atoms. The second-order valence-electron chi connectivity index (χ2n) is 6.05. The molecule has 0 saturated heterocycles. The number of nitrogens with one attached hydrogen (secondary N) is 1. The second-order valence-corrected chi connectivity index (χ2v) is 7.41. The zero-order chi connectivity index (χ0) is 16.5. The Labute approximate surface area is 132 Å². The van der Waals surface area contributed by atoms with E-state index in [9.17, 15) is 8.42 Å². The van der Waals surface area contributed by atoms with E-state index in [1.54, 1.807) is 25.1 Å². The van der Waals surface area contributed by atoms with E-state index in [4.69, 9.17) is 13.7 Å². The number of rotatable bonds is 6. The maximum absolute atomic E-state index is 11.7. The van der Waals surface area contributed by atoms with E-state index in [0.29, 0.717) is 5.75 Å². The molecule has 1 heterocycles. The van der Waals surface area contributed by atoms with E-state index < -0.39 is 22.0 Å². The molecule has 0 aromatic heterocycles. The molecule has 1 aliphatic rings. The van der Waals surface area contributed by atoms with Crippen molar-refractivity contribution in [1.29, 1.82) is 0 Å². The molecule has 0 aliphatic carbocycles. The molecular formula is C15H23NO5S. The molecule has 1 aromatic rings. The van der Waals surface area contributed by atoms with E-state index in [-0.39, 0.29) is 18.4 Å². The van der Waals surface area contributed by atoms with Crippen LogP contribution in [0.25, 0.3) is 0 Å². The van der Waals surface area contributed by atoms with Gasteiger partial charge < -0.3 is 13.7 Å². The Morgan fingerprint density at radius 3 is 2.64 bits per heavy atom. The summed E-state index contributed by atoms with van der Waals surface area (Å²) in [6.45, 7) is 9.84. The van der Waals surface area contributed by atoms with Gasteiger partial charge in [-0.25, -0.2) is 0 Å². The van der Waals surface area contributed by atoms with Gasteiger partial charge in [-0.15, -0.1) is 0 Å². The normalized spacial score (nSPS) is 19.8. The van der Waals surface area contributed by atoms with Gasteiger partial charge in [0, 0.05) is 12.1 Å². The second kappa shape index (κ2) is 6.06. The first-order valence-electron chi connectivity index (χ1n) is 7.31. The van der Waals surface area contributed by atoms with Crippen LogP contribution in [0, 0.1) is 0 Å². The summed E-state index contributed by atoms with van der Waals surface area (Å²) < 4.78 is 42.3. The molecule has 0 radical (unpaired) electrons. The van der Waals surface area contributed by atoms with Gasteiger partial charge in [0.05, 0.1) is 11.5 Å². The molecular weight excluding hydrogens is 306 g/mol. The minimum Gasteiger partial charge on any atom is -0.464 e. The molecule has 124 valence electrons. The van der Waals surface area contributed by atoms with Crippen LogP contribution in [0.1, 0.15) is 40.2 Å². The van der Waals surface area contributed by atoms with Crippen LogP contribution in [-0.2, 0) is 20.5 Å². The summed E-state index contributed by atoms with van der Waals surface area (Å²) in [5.41, 5.74) is 0.461. The van der Waals surface area contributed by atoms with Gasteiger partial charge in [-0.2, -0.15) is 13.1 Å². The first-order chi connectivity index (χ1) is 10.2. The quantitative estimate of drug-likeness (QED) is 0.867. The van der Waals surface area contributed by atoms with Crippen LogP contribution in [0.4, 0.5) is 0 Å². The summed E-state index contributed by atoms with van der Waals surface area (Å²) in [5, 5.41) is 0. The van der Waals surface area contributed by atoms with Gasteiger partial charge >= 0.3 is 10.3 Å². The molecule has 2 rings (SSSR count). The Kier molecular flexibility index (Phi) is 4.70. The van der Waals surface area contributed by atoms with Crippen molar-refractivity contribution in [1.82, 2.24) is 4.72 Å².